The molecule has 84 valence electrons. The highest BCUT2D eigenvalue weighted by molar-refractivity contribution is 5.97. The van der Waals surface area contributed by atoms with Gasteiger partial charge in [-0.25, -0.2) is 0 Å². The molecule has 0 unspecified atom stereocenters. The Kier molecular flexibility index (Phi) is 2.82. The fourth-order valence-corrected chi connectivity index (χ4v) is 1.57. The zero-order valence-electron chi connectivity index (χ0n) is 8.94. The van der Waals surface area contributed by atoms with E-state index in [-0.39, 0.29) is 5.91 Å². The minimum absolute atomic E-state index is 0.167. The van der Waals surface area contributed by atoms with Crippen LogP contribution in [0.3, 0.4) is 0 Å². The molecule has 0 aromatic carbocycles. The second-order valence-electron chi connectivity index (χ2n) is 4.03. The molecule has 0 spiro atoms. The normalized spacial score (nSPS) is 14.4. The molecule has 16 heavy (non-hydrogen) atoms. The van der Waals surface area contributed by atoms with Gasteiger partial charge in [-0.15, -0.1) is 6.42 Å². The van der Waals surface area contributed by atoms with Gasteiger partial charge in [0, 0.05) is 6.54 Å². The van der Waals surface area contributed by atoms with E-state index in [9.17, 15) is 4.79 Å². The van der Waals surface area contributed by atoms with E-state index >= 15 is 0 Å². The summed E-state index contributed by atoms with van der Waals surface area (Å²) in [5.74, 6) is 2.92. The van der Waals surface area contributed by atoms with Gasteiger partial charge in [0.2, 0.25) is 0 Å². The van der Waals surface area contributed by atoms with Crippen LogP contribution in [0.4, 0.5) is 5.69 Å². The van der Waals surface area contributed by atoms with Gasteiger partial charge in [0.05, 0.1) is 18.4 Å². The number of nitrogens with two attached hydrogens (primary N) is 1. The molecule has 1 aromatic heterocycles. The third-order valence-corrected chi connectivity index (χ3v) is 2.63. The number of carbonyl (C=O) groups is 1. The average molecular weight is 218 g/mol. The van der Waals surface area contributed by atoms with E-state index in [1.807, 2.05) is 0 Å². The first-order valence-corrected chi connectivity index (χ1v) is 5.24. The first-order valence-electron chi connectivity index (χ1n) is 5.24. The van der Waals surface area contributed by atoms with Crippen LogP contribution < -0.4 is 5.73 Å². The van der Waals surface area contributed by atoms with E-state index in [1.54, 1.807) is 4.90 Å². The standard InChI is InChI=1S/C11H14N4O/c1-2-5-15(7-8-3-4-8)11(16)10-9(12)6-13-14-10/h1,6,8H,3-5,7,12H2,(H,13,14). The number of carbonyl (C=O) groups excluding carboxylic acids is 1. The predicted molar refractivity (Wildman–Crippen MR) is 60.5 cm³/mol. The van der Waals surface area contributed by atoms with Crippen molar-refractivity contribution in [3.8, 4) is 12.3 Å². The Labute approximate surface area is 94.0 Å². The molecule has 2 rings (SSSR count). The SMILES string of the molecule is C#CCN(CC1CC1)C(=O)c1[nH]ncc1N. The number of anilines is 1. The van der Waals surface area contributed by atoms with Gasteiger partial charge in [-0.2, -0.15) is 5.10 Å². The molecule has 1 aliphatic carbocycles. The minimum Gasteiger partial charge on any atom is -0.396 e. The van der Waals surface area contributed by atoms with E-state index in [2.05, 4.69) is 16.1 Å². The monoisotopic (exact) mass is 218 g/mol. The third-order valence-electron chi connectivity index (χ3n) is 2.63. The van der Waals surface area contributed by atoms with Gasteiger partial charge < -0.3 is 10.6 Å². The molecule has 1 fully saturated rings. The Morgan fingerprint density at radius 1 is 1.75 bits per heavy atom. The maximum atomic E-state index is 12.1. The van der Waals surface area contributed by atoms with E-state index in [4.69, 9.17) is 12.2 Å². The fraction of sp³-hybridized carbons (Fsp3) is 0.455. The predicted octanol–water partition coefficient (Wildman–Crippen LogP) is 0.477. The molecule has 0 atom stereocenters. The summed E-state index contributed by atoms with van der Waals surface area (Å²) >= 11 is 0. The second-order valence-corrected chi connectivity index (χ2v) is 4.03. The van der Waals surface area contributed by atoms with Crippen molar-refractivity contribution in [1.29, 1.82) is 0 Å². The fourth-order valence-electron chi connectivity index (χ4n) is 1.57. The van der Waals surface area contributed by atoms with Gasteiger partial charge >= 0.3 is 0 Å². The number of nitrogen functional groups attached to an aromatic ring is 1. The Balaban J connectivity index is 2.10. The van der Waals surface area contributed by atoms with Gasteiger partial charge in [-0.3, -0.25) is 9.89 Å². The summed E-state index contributed by atoms with van der Waals surface area (Å²) in [5.41, 5.74) is 6.32. The Bertz CT molecular complexity index is 427. The quantitative estimate of drug-likeness (QED) is 0.722. The molecule has 0 radical (unpaired) electrons. The van der Waals surface area contributed by atoms with Crippen LogP contribution in [-0.2, 0) is 0 Å². The molecule has 0 bridgehead atoms. The van der Waals surface area contributed by atoms with Crippen molar-refractivity contribution in [2.75, 3.05) is 18.8 Å². The Morgan fingerprint density at radius 2 is 2.50 bits per heavy atom. The number of aromatic nitrogens is 2. The number of hydrogen-bond donors (Lipinski definition) is 2. The smallest absolute Gasteiger partial charge is 0.274 e. The summed E-state index contributed by atoms with van der Waals surface area (Å²) in [6.45, 7) is 1.02. The van der Waals surface area contributed by atoms with Crippen molar-refractivity contribution in [1.82, 2.24) is 15.1 Å². The van der Waals surface area contributed by atoms with Crippen molar-refractivity contribution >= 4 is 11.6 Å². The zero-order valence-corrected chi connectivity index (χ0v) is 8.94. The molecular formula is C11H14N4O. The highest BCUT2D eigenvalue weighted by atomic mass is 16.2. The molecule has 1 heterocycles. The van der Waals surface area contributed by atoms with Crippen LogP contribution in [-0.4, -0.2) is 34.1 Å². The average Bonchev–Trinajstić information content (AvgIpc) is 2.98. The zero-order chi connectivity index (χ0) is 11.5. The number of nitrogens with one attached hydrogen (secondary N) is 1. The molecule has 0 aliphatic heterocycles. The highest BCUT2D eigenvalue weighted by Gasteiger charge is 2.28. The molecular weight excluding hydrogens is 204 g/mol. The number of hydrogen-bond acceptors (Lipinski definition) is 3. The van der Waals surface area contributed by atoms with Crippen LogP contribution in [0.2, 0.25) is 0 Å². The minimum atomic E-state index is -0.167. The van der Waals surface area contributed by atoms with Gasteiger partial charge in [-0.1, -0.05) is 5.92 Å². The van der Waals surface area contributed by atoms with Gasteiger partial charge in [-0.05, 0) is 18.8 Å². The van der Waals surface area contributed by atoms with Crippen LogP contribution in [0.25, 0.3) is 0 Å². The number of nitrogens with zero attached hydrogens (tertiary/aromatic N) is 2. The molecule has 0 saturated heterocycles. The lowest BCUT2D eigenvalue weighted by atomic mass is 10.3. The van der Waals surface area contributed by atoms with Crippen LogP contribution >= 0.6 is 0 Å². The molecule has 1 aromatic rings. The molecule has 1 amide bonds. The summed E-state index contributed by atoms with van der Waals surface area (Å²) in [5, 5.41) is 6.33. The third kappa shape index (κ3) is 2.16. The summed E-state index contributed by atoms with van der Waals surface area (Å²) in [6.07, 6.45) is 9.03. The summed E-state index contributed by atoms with van der Waals surface area (Å²) < 4.78 is 0. The lowest BCUT2D eigenvalue weighted by Crippen LogP contribution is -2.34. The number of rotatable bonds is 4. The van der Waals surface area contributed by atoms with Crippen LogP contribution in [0.1, 0.15) is 23.3 Å². The molecule has 1 saturated carbocycles. The van der Waals surface area contributed by atoms with Crippen molar-refractivity contribution in [2.45, 2.75) is 12.8 Å². The van der Waals surface area contributed by atoms with Crippen molar-refractivity contribution in [3.05, 3.63) is 11.9 Å². The maximum Gasteiger partial charge on any atom is 0.274 e. The van der Waals surface area contributed by atoms with Gasteiger partial charge in [0.15, 0.2) is 0 Å². The molecule has 1 aliphatic rings. The molecule has 5 heteroatoms. The maximum absolute atomic E-state index is 12.1. The Hall–Kier alpha value is -1.96. The van der Waals surface area contributed by atoms with Gasteiger partial charge in [0.1, 0.15) is 5.69 Å². The molecule has 3 N–H and O–H groups in total. The second kappa shape index (κ2) is 4.27. The summed E-state index contributed by atoms with van der Waals surface area (Å²) in [6, 6.07) is 0. The van der Waals surface area contributed by atoms with Crippen LogP contribution in [0, 0.1) is 18.3 Å². The van der Waals surface area contributed by atoms with Crippen molar-refractivity contribution < 1.29 is 4.79 Å². The van der Waals surface area contributed by atoms with Crippen LogP contribution in [0.5, 0.6) is 0 Å². The van der Waals surface area contributed by atoms with Crippen molar-refractivity contribution in [2.24, 2.45) is 5.92 Å². The number of H-pyrrole nitrogens is 1. The Morgan fingerprint density at radius 3 is 3.00 bits per heavy atom. The first kappa shape index (κ1) is 10.6. The largest absolute Gasteiger partial charge is 0.396 e. The summed E-state index contributed by atoms with van der Waals surface area (Å²) in [4.78, 5) is 13.7. The van der Waals surface area contributed by atoms with Crippen LogP contribution in [0.15, 0.2) is 6.20 Å². The topological polar surface area (TPSA) is 75.0 Å². The number of amides is 1. The van der Waals surface area contributed by atoms with E-state index in [0.29, 0.717) is 30.4 Å². The lowest BCUT2D eigenvalue weighted by Gasteiger charge is -2.19. The number of terminal acetylenes is 1. The first-order chi connectivity index (χ1) is 7.72. The van der Waals surface area contributed by atoms with Gasteiger partial charge in [0.25, 0.3) is 5.91 Å². The molecule has 5 nitrogen and oxygen atoms in total. The highest BCUT2D eigenvalue weighted by Crippen LogP contribution is 2.30. The van der Waals surface area contributed by atoms with E-state index in [1.165, 1.54) is 19.0 Å². The summed E-state index contributed by atoms with van der Waals surface area (Å²) in [7, 11) is 0. The van der Waals surface area contributed by atoms with E-state index in [0.717, 1.165) is 0 Å². The number of aromatic amines is 1. The van der Waals surface area contributed by atoms with Crippen molar-refractivity contribution in [3.63, 3.8) is 0 Å². The lowest BCUT2D eigenvalue weighted by molar-refractivity contribution is 0.0765. The van der Waals surface area contributed by atoms with E-state index < -0.39 is 0 Å².